The largest absolute Gasteiger partial charge is 0.356 e. The van der Waals surface area contributed by atoms with Crippen LogP contribution < -0.4 is 10.2 Å². The highest BCUT2D eigenvalue weighted by molar-refractivity contribution is 7.99. The lowest BCUT2D eigenvalue weighted by atomic mass is 9.90. The third-order valence-electron chi connectivity index (χ3n) is 5.56. The molecule has 4 rings (SSSR count). The molecule has 1 aliphatic rings. The van der Waals surface area contributed by atoms with E-state index in [2.05, 4.69) is 45.5 Å². The van der Waals surface area contributed by atoms with Gasteiger partial charge in [0.2, 0.25) is 5.91 Å². The van der Waals surface area contributed by atoms with Gasteiger partial charge in [0.05, 0.1) is 5.75 Å². The monoisotopic (exact) mass is 432 g/mol. The maximum Gasteiger partial charge on any atom is 0.234 e. The lowest BCUT2D eigenvalue weighted by Gasteiger charge is -2.33. The Labute approximate surface area is 188 Å². The van der Waals surface area contributed by atoms with Crippen LogP contribution in [0.4, 0.5) is 11.5 Å². The van der Waals surface area contributed by atoms with Crippen LogP contribution in [0, 0.1) is 12.8 Å². The number of benzene rings is 2. The second-order valence-corrected chi connectivity index (χ2v) is 8.97. The molecule has 0 bridgehead atoms. The molecule has 6 heteroatoms. The van der Waals surface area contributed by atoms with Crippen molar-refractivity contribution < 1.29 is 4.79 Å². The van der Waals surface area contributed by atoms with Crippen LogP contribution in [0.25, 0.3) is 0 Å². The summed E-state index contributed by atoms with van der Waals surface area (Å²) in [6, 6.07) is 20.5. The molecule has 2 heterocycles. The molecule has 0 unspecified atom stereocenters. The fraction of sp³-hybridized carbons (Fsp3) is 0.320. The molecule has 3 aromatic rings. The van der Waals surface area contributed by atoms with Crippen molar-refractivity contribution in [1.29, 1.82) is 0 Å². The fourth-order valence-corrected chi connectivity index (χ4v) is 4.57. The molecule has 31 heavy (non-hydrogen) atoms. The highest BCUT2D eigenvalue weighted by Crippen LogP contribution is 2.26. The third-order valence-corrected chi connectivity index (χ3v) is 6.42. The van der Waals surface area contributed by atoms with Gasteiger partial charge in [-0.1, -0.05) is 54.2 Å². The standard InChI is InChI=1S/C25H28N4OS/c1-19-6-5-9-22(16-19)27-24(30)18-31-25-26-13-10-23(28-25)29-14-11-21(12-15-29)17-20-7-3-2-4-8-20/h2-10,13,16,21H,11-12,14-15,17-18H2,1H3,(H,27,30). The van der Waals surface area contributed by atoms with Gasteiger partial charge >= 0.3 is 0 Å². The molecule has 0 aliphatic carbocycles. The molecule has 0 atom stereocenters. The molecule has 0 spiro atoms. The van der Waals surface area contributed by atoms with E-state index in [9.17, 15) is 4.79 Å². The van der Waals surface area contributed by atoms with Crippen LogP contribution in [0.3, 0.4) is 0 Å². The molecular weight excluding hydrogens is 404 g/mol. The van der Waals surface area contributed by atoms with Crippen molar-refractivity contribution in [3.63, 3.8) is 0 Å². The van der Waals surface area contributed by atoms with Crippen LogP contribution in [-0.2, 0) is 11.2 Å². The number of rotatable bonds is 7. The minimum atomic E-state index is -0.0497. The molecule has 1 aliphatic heterocycles. The van der Waals surface area contributed by atoms with Gasteiger partial charge in [-0.05, 0) is 61.4 Å². The van der Waals surface area contributed by atoms with Crippen LogP contribution >= 0.6 is 11.8 Å². The Balaban J connectivity index is 1.27. The van der Waals surface area contributed by atoms with Gasteiger partial charge in [0, 0.05) is 25.0 Å². The molecule has 0 saturated carbocycles. The average molecular weight is 433 g/mol. The Morgan fingerprint density at radius 3 is 2.68 bits per heavy atom. The Morgan fingerprint density at radius 1 is 1.10 bits per heavy atom. The highest BCUT2D eigenvalue weighted by atomic mass is 32.2. The number of piperidine rings is 1. The zero-order chi connectivity index (χ0) is 21.5. The molecule has 2 aromatic carbocycles. The molecule has 5 nitrogen and oxygen atoms in total. The fourth-order valence-electron chi connectivity index (χ4n) is 3.94. The van der Waals surface area contributed by atoms with Crippen molar-refractivity contribution in [3.8, 4) is 0 Å². The zero-order valence-electron chi connectivity index (χ0n) is 17.8. The van der Waals surface area contributed by atoms with Crippen LogP contribution in [0.1, 0.15) is 24.0 Å². The summed E-state index contributed by atoms with van der Waals surface area (Å²) in [4.78, 5) is 23.6. The third kappa shape index (κ3) is 6.31. The zero-order valence-corrected chi connectivity index (χ0v) is 18.6. The number of carbonyl (C=O) groups excluding carboxylic acids is 1. The number of hydrogen-bond acceptors (Lipinski definition) is 5. The first-order valence-electron chi connectivity index (χ1n) is 10.8. The van der Waals surface area contributed by atoms with Crippen molar-refractivity contribution in [2.24, 2.45) is 5.92 Å². The van der Waals surface area contributed by atoms with Gasteiger partial charge < -0.3 is 10.2 Å². The summed E-state index contributed by atoms with van der Waals surface area (Å²) >= 11 is 1.37. The molecule has 160 valence electrons. The highest BCUT2D eigenvalue weighted by Gasteiger charge is 2.21. The number of nitrogens with one attached hydrogen (secondary N) is 1. The van der Waals surface area contributed by atoms with E-state index in [1.54, 1.807) is 6.20 Å². The van der Waals surface area contributed by atoms with E-state index in [0.29, 0.717) is 5.16 Å². The summed E-state index contributed by atoms with van der Waals surface area (Å²) in [6.45, 7) is 4.02. The summed E-state index contributed by atoms with van der Waals surface area (Å²) in [6.07, 6.45) is 5.27. The average Bonchev–Trinajstić information content (AvgIpc) is 2.79. The number of aromatic nitrogens is 2. The maximum atomic E-state index is 12.3. The smallest absolute Gasteiger partial charge is 0.234 e. The van der Waals surface area contributed by atoms with Gasteiger partial charge in [-0.15, -0.1) is 0 Å². The van der Waals surface area contributed by atoms with E-state index < -0.39 is 0 Å². The van der Waals surface area contributed by atoms with Gasteiger partial charge in [-0.25, -0.2) is 9.97 Å². The molecule has 0 radical (unpaired) electrons. The topological polar surface area (TPSA) is 58.1 Å². The van der Waals surface area contributed by atoms with Gasteiger partial charge in [0.25, 0.3) is 0 Å². The Kier molecular flexibility index (Phi) is 7.20. The molecular formula is C25H28N4OS. The van der Waals surface area contributed by atoms with Crippen molar-refractivity contribution in [2.75, 3.05) is 29.1 Å². The van der Waals surface area contributed by atoms with Crippen LogP contribution in [0.15, 0.2) is 72.0 Å². The van der Waals surface area contributed by atoms with E-state index in [1.165, 1.54) is 30.2 Å². The normalized spacial score (nSPS) is 14.4. The summed E-state index contributed by atoms with van der Waals surface area (Å²) in [5.41, 5.74) is 3.36. The predicted molar refractivity (Wildman–Crippen MR) is 128 cm³/mol. The molecule has 1 N–H and O–H groups in total. The van der Waals surface area contributed by atoms with Crippen molar-refractivity contribution in [1.82, 2.24) is 9.97 Å². The summed E-state index contributed by atoms with van der Waals surface area (Å²) < 4.78 is 0. The summed E-state index contributed by atoms with van der Waals surface area (Å²) in [5.74, 6) is 1.91. The number of amides is 1. The number of nitrogens with zero attached hydrogens (tertiary/aromatic N) is 3. The van der Waals surface area contributed by atoms with E-state index in [4.69, 9.17) is 4.98 Å². The lowest BCUT2D eigenvalue weighted by molar-refractivity contribution is -0.113. The van der Waals surface area contributed by atoms with Gasteiger partial charge in [0.1, 0.15) is 5.82 Å². The second kappa shape index (κ2) is 10.4. The minimum absolute atomic E-state index is 0.0497. The number of carbonyl (C=O) groups is 1. The number of anilines is 2. The van der Waals surface area contributed by atoms with Crippen LogP contribution in [0.2, 0.25) is 0 Å². The molecule has 1 saturated heterocycles. The Hall–Kier alpha value is -2.86. The van der Waals surface area contributed by atoms with Gasteiger partial charge in [-0.3, -0.25) is 4.79 Å². The quantitative estimate of drug-likeness (QED) is 0.422. The number of hydrogen-bond donors (Lipinski definition) is 1. The first-order valence-corrected chi connectivity index (χ1v) is 11.8. The van der Waals surface area contributed by atoms with Crippen molar-refractivity contribution in [2.45, 2.75) is 31.3 Å². The summed E-state index contributed by atoms with van der Waals surface area (Å²) in [5, 5.41) is 3.57. The van der Waals surface area contributed by atoms with Crippen LogP contribution in [-0.4, -0.2) is 34.7 Å². The first-order chi connectivity index (χ1) is 15.2. The lowest BCUT2D eigenvalue weighted by Crippen LogP contribution is -2.35. The Morgan fingerprint density at radius 2 is 1.90 bits per heavy atom. The van der Waals surface area contributed by atoms with E-state index in [0.717, 1.165) is 42.5 Å². The van der Waals surface area contributed by atoms with Gasteiger partial charge in [-0.2, -0.15) is 0 Å². The van der Waals surface area contributed by atoms with E-state index in [-0.39, 0.29) is 11.7 Å². The minimum Gasteiger partial charge on any atom is -0.356 e. The maximum absolute atomic E-state index is 12.3. The Bertz CT molecular complexity index is 1000. The predicted octanol–water partition coefficient (Wildman–Crippen LogP) is 4.97. The van der Waals surface area contributed by atoms with Crippen molar-refractivity contribution in [3.05, 3.63) is 78.0 Å². The summed E-state index contributed by atoms with van der Waals surface area (Å²) in [7, 11) is 0. The van der Waals surface area contributed by atoms with E-state index in [1.807, 2.05) is 37.3 Å². The number of aryl methyl sites for hydroxylation is 1. The first kappa shape index (κ1) is 21.4. The second-order valence-electron chi connectivity index (χ2n) is 8.02. The van der Waals surface area contributed by atoms with Crippen molar-refractivity contribution >= 4 is 29.2 Å². The molecule has 1 fully saturated rings. The van der Waals surface area contributed by atoms with Gasteiger partial charge in [0.15, 0.2) is 5.16 Å². The number of thioether (sulfide) groups is 1. The van der Waals surface area contributed by atoms with Crippen LogP contribution in [0.5, 0.6) is 0 Å². The molecule has 1 aromatic heterocycles. The molecule has 1 amide bonds. The SMILES string of the molecule is Cc1cccc(NC(=O)CSc2nccc(N3CCC(Cc4ccccc4)CC3)n2)c1. The van der Waals surface area contributed by atoms with E-state index >= 15 is 0 Å².